The van der Waals surface area contributed by atoms with Gasteiger partial charge in [-0.3, -0.25) is 14.4 Å². The van der Waals surface area contributed by atoms with Crippen LogP contribution in [-0.2, 0) is 22.6 Å². The normalized spacial score (nSPS) is 13.0. The van der Waals surface area contributed by atoms with E-state index in [1.165, 1.54) is 10.4 Å². The van der Waals surface area contributed by atoms with Crippen LogP contribution >= 0.6 is 11.3 Å². The lowest BCUT2D eigenvalue weighted by atomic mass is 10.0. The largest absolute Gasteiger partial charge is 0.347 e. The summed E-state index contributed by atoms with van der Waals surface area (Å²) in [5.41, 5.74) is 3.13. The van der Waals surface area contributed by atoms with E-state index in [0.29, 0.717) is 30.8 Å². The van der Waals surface area contributed by atoms with E-state index in [1.807, 2.05) is 18.7 Å². The molecule has 2 aromatic rings. The molecule has 0 saturated carbocycles. The van der Waals surface area contributed by atoms with Gasteiger partial charge >= 0.3 is 0 Å². The Kier molecular flexibility index (Phi) is 6.46. The Morgan fingerprint density at radius 2 is 2.00 bits per heavy atom. The van der Waals surface area contributed by atoms with E-state index < -0.39 is 0 Å². The molecule has 3 rings (SSSR count). The summed E-state index contributed by atoms with van der Waals surface area (Å²) in [7, 11) is 0. The van der Waals surface area contributed by atoms with Gasteiger partial charge in [0.15, 0.2) is 0 Å². The van der Waals surface area contributed by atoms with Crippen molar-refractivity contribution in [1.82, 2.24) is 10.2 Å². The minimum atomic E-state index is -0.307. The molecular formula is C21H25N3O3S. The predicted octanol–water partition coefficient (Wildman–Crippen LogP) is 3.11. The van der Waals surface area contributed by atoms with Crippen molar-refractivity contribution in [2.75, 3.05) is 18.4 Å². The second-order valence-corrected chi connectivity index (χ2v) is 7.90. The predicted molar refractivity (Wildman–Crippen MR) is 110 cm³/mol. The number of nitrogens with one attached hydrogen (secondary N) is 2. The third kappa shape index (κ3) is 4.59. The molecule has 0 fully saturated rings. The van der Waals surface area contributed by atoms with Gasteiger partial charge in [-0.15, -0.1) is 11.3 Å². The Hall–Kier alpha value is -2.67. The molecule has 0 saturated heterocycles. The molecule has 148 valence electrons. The number of hydrogen-bond acceptors (Lipinski definition) is 4. The average molecular weight is 400 g/mol. The summed E-state index contributed by atoms with van der Waals surface area (Å²) >= 11 is 1.74. The molecule has 0 bridgehead atoms. The molecule has 2 heterocycles. The fraction of sp³-hybridized carbons (Fsp3) is 0.381. The highest BCUT2D eigenvalue weighted by Gasteiger charge is 2.24. The van der Waals surface area contributed by atoms with E-state index in [-0.39, 0.29) is 24.3 Å². The molecule has 0 radical (unpaired) electrons. The fourth-order valence-corrected chi connectivity index (χ4v) is 4.17. The molecule has 1 aliphatic heterocycles. The molecule has 2 N–H and O–H groups in total. The third-order valence-corrected chi connectivity index (χ3v) is 5.88. The number of carbonyl (C=O) groups excluding carboxylic acids is 3. The molecule has 6 nitrogen and oxygen atoms in total. The van der Waals surface area contributed by atoms with Crippen LogP contribution in [0.25, 0.3) is 0 Å². The molecule has 0 unspecified atom stereocenters. The summed E-state index contributed by atoms with van der Waals surface area (Å²) in [6.45, 7) is 4.98. The van der Waals surface area contributed by atoms with E-state index in [0.717, 1.165) is 18.4 Å². The topological polar surface area (TPSA) is 78.5 Å². The number of fused-ring (bicyclic) bond motifs is 1. The molecule has 0 atom stereocenters. The van der Waals surface area contributed by atoms with E-state index in [9.17, 15) is 14.4 Å². The number of amides is 3. The standard InChI is InChI=1S/C21H25N3O3S/c1-3-5-19(25)22-12-20(26)23-17-7-4-6-16(14(17)2)21(27)24-10-8-18-15(13-24)9-11-28-18/h4,6-7,9,11H,3,5,8,10,12-13H2,1-2H3,(H,22,25)(H,23,26). The van der Waals surface area contributed by atoms with Crippen LogP contribution in [0.15, 0.2) is 29.6 Å². The maximum Gasteiger partial charge on any atom is 0.254 e. The highest BCUT2D eigenvalue weighted by atomic mass is 32.1. The zero-order chi connectivity index (χ0) is 20.1. The Morgan fingerprint density at radius 3 is 2.79 bits per heavy atom. The molecular weight excluding hydrogens is 374 g/mol. The SMILES string of the molecule is CCCC(=O)NCC(=O)Nc1cccc(C(=O)N2CCc3sccc3C2)c1C. The van der Waals surface area contributed by atoms with Crippen LogP contribution in [0.4, 0.5) is 5.69 Å². The lowest BCUT2D eigenvalue weighted by Gasteiger charge is -2.28. The molecule has 1 aliphatic rings. The average Bonchev–Trinajstić information content (AvgIpc) is 3.15. The lowest BCUT2D eigenvalue weighted by Crippen LogP contribution is -2.36. The highest BCUT2D eigenvalue weighted by molar-refractivity contribution is 7.10. The minimum Gasteiger partial charge on any atom is -0.347 e. The van der Waals surface area contributed by atoms with Crippen LogP contribution in [0.1, 0.15) is 46.1 Å². The van der Waals surface area contributed by atoms with Crippen LogP contribution < -0.4 is 10.6 Å². The van der Waals surface area contributed by atoms with Crippen LogP contribution in [0, 0.1) is 6.92 Å². The second kappa shape index (κ2) is 9.01. The lowest BCUT2D eigenvalue weighted by molar-refractivity contribution is -0.124. The Bertz CT molecular complexity index is 891. The van der Waals surface area contributed by atoms with Gasteiger partial charge in [0.25, 0.3) is 5.91 Å². The number of nitrogens with zero attached hydrogens (tertiary/aromatic N) is 1. The van der Waals surface area contributed by atoms with Gasteiger partial charge in [0, 0.05) is 35.6 Å². The van der Waals surface area contributed by atoms with E-state index in [1.54, 1.807) is 29.5 Å². The Morgan fingerprint density at radius 1 is 1.18 bits per heavy atom. The van der Waals surface area contributed by atoms with Gasteiger partial charge in [-0.2, -0.15) is 0 Å². The maximum absolute atomic E-state index is 13.0. The molecule has 1 aromatic heterocycles. The van der Waals surface area contributed by atoms with Crippen molar-refractivity contribution in [3.05, 3.63) is 51.2 Å². The third-order valence-electron chi connectivity index (χ3n) is 4.86. The first-order valence-electron chi connectivity index (χ1n) is 9.50. The van der Waals surface area contributed by atoms with Crippen LogP contribution in [-0.4, -0.2) is 35.7 Å². The second-order valence-electron chi connectivity index (χ2n) is 6.90. The first-order valence-corrected chi connectivity index (χ1v) is 10.4. The summed E-state index contributed by atoms with van der Waals surface area (Å²) in [6, 6.07) is 7.41. The monoisotopic (exact) mass is 399 g/mol. The van der Waals surface area contributed by atoms with Crippen LogP contribution in [0.2, 0.25) is 0 Å². The fourth-order valence-electron chi connectivity index (χ4n) is 3.28. The quantitative estimate of drug-likeness (QED) is 0.783. The van der Waals surface area contributed by atoms with Crippen molar-refractivity contribution in [3.63, 3.8) is 0 Å². The van der Waals surface area contributed by atoms with Gasteiger partial charge < -0.3 is 15.5 Å². The molecule has 7 heteroatoms. The first kappa shape index (κ1) is 20.1. The van der Waals surface area contributed by atoms with Gasteiger partial charge in [-0.25, -0.2) is 0 Å². The van der Waals surface area contributed by atoms with Gasteiger partial charge in [0.2, 0.25) is 11.8 Å². The Balaban J connectivity index is 1.66. The van der Waals surface area contributed by atoms with Crippen LogP contribution in [0.5, 0.6) is 0 Å². The van der Waals surface area contributed by atoms with E-state index in [4.69, 9.17) is 0 Å². The van der Waals surface area contributed by atoms with Gasteiger partial charge in [0.05, 0.1) is 6.54 Å². The Labute approximate surface area is 168 Å². The number of benzene rings is 1. The molecule has 28 heavy (non-hydrogen) atoms. The van der Waals surface area contributed by atoms with Crippen molar-refractivity contribution < 1.29 is 14.4 Å². The van der Waals surface area contributed by atoms with Crippen molar-refractivity contribution >= 4 is 34.7 Å². The number of carbonyl (C=O) groups is 3. The smallest absolute Gasteiger partial charge is 0.254 e. The van der Waals surface area contributed by atoms with Gasteiger partial charge in [-0.05, 0) is 54.5 Å². The van der Waals surface area contributed by atoms with Crippen LogP contribution in [0.3, 0.4) is 0 Å². The number of anilines is 1. The summed E-state index contributed by atoms with van der Waals surface area (Å²) in [5, 5.41) is 7.46. The maximum atomic E-state index is 13.0. The van der Waals surface area contributed by atoms with Gasteiger partial charge in [0.1, 0.15) is 0 Å². The van der Waals surface area contributed by atoms with Crippen molar-refractivity contribution in [3.8, 4) is 0 Å². The van der Waals surface area contributed by atoms with Gasteiger partial charge in [-0.1, -0.05) is 13.0 Å². The van der Waals surface area contributed by atoms with Crippen molar-refractivity contribution in [1.29, 1.82) is 0 Å². The zero-order valence-corrected chi connectivity index (χ0v) is 17.0. The minimum absolute atomic E-state index is 0.0262. The summed E-state index contributed by atoms with van der Waals surface area (Å²) in [4.78, 5) is 39.9. The zero-order valence-electron chi connectivity index (χ0n) is 16.2. The highest BCUT2D eigenvalue weighted by Crippen LogP contribution is 2.27. The number of rotatable bonds is 6. The van der Waals surface area contributed by atoms with Crippen molar-refractivity contribution in [2.24, 2.45) is 0 Å². The van der Waals surface area contributed by atoms with Crippen molar-refractivity contribution in [2.45, 2.75) is 39.7 Å². The van der Waals surface area contributed by atoms with E-state index in [2.05, 4.69) is 22.1 Å². The number of hydrogen-bond donors (Lipinski definition) is 2. The summed E-state index contributed by atoms with van der Waals surface area (Å²) in [5.74, 6) is -0.476. The molecule has 0 aliphatic carbocycles. The summed E-state index contributed by atoms with van der Waals surface area (Å²) in [6.07, 6.45) is 2.02. The number of thiophene rings is 1. The summed E-state index contributed by atoms with van der Waals surface area (Å²) < 4.78 is 0. The first-order chi connectivity index (χ1) is 13.5. The molecule has 3 amide bonds. The molecule has 1 aromatic carbocycles. The van der Waals surface area contributed by atoms with E-state index >= 15 is 0 Å². The molecule has 0 spiro atoms.